The third-order valence-corrected chi connectivity index (χ3v) is 4.87. The van der Waals surface area contributed by atoms with E-state index in [-0.39, 0.29) is 6.03 Å². The third kappa shape index (κ3) is 3.94. The number of rotatable bonds is 3. The van der Waals surface area contributed by atoms with Crippen LogP contribution in [0.3, 0.4) is 0 Å². The van der Waals surface area contributed by atoms with Crippen LogP contribution in [0.4, 0.5) is 21.9 Å². The summed E-state index contributed by atoms with van der Waals surface area (Å²) in [6.45, 7) is 2.03. The van der Waals surface area contributed by atoms with Crippen molar-refractivity contribution in [3.8, 4) is 0 Å². The van der Waals surface area contributed by atoms with Crippen molar-refractivity contribution in [3.05, 3.63) is 52.5 Å². The van der Waals surface area contributed by atoms with Crippen LogP contribution < -0.4 is 15.5 Å². The molecule has 126 valence electrons. The van der Waals surface area contributed by atoms with Crippen molar-refractivity contribution in [1.82, 2.24) is 0 Å². The van der Waals surface area contributed by atoms with Gasteiger partial charge in [-0.3, -0.25) is 0 Å². The molecule has 1 fully saturated rings. The van der Waals surface area contributed by atoms with Gasteiger partial charge in [-0.2, -0.15) is 0 Å². The van der Waals surface area contributed by atoms with Gasteiger partial charge in [-0.1, -0.05) is 41.4 Å². The summed E-state index contributed by atoms with van der Waals surface area (Å²) in [5.74, 6) is 0. The molecule has 2 N–H and O–H groups in total. The Labute approximate surface area is 151 Å². The van der Waals surface area contributed by atoms with Crippen LogP contribution in [0.5, 0.6) is 0 Å². The topological polar surface area (TPSA) is 44.4 Å². The Hall–Kier alpha value is -1.91. The molecule has 0 bridgehead atoms. The van der Waals surface area contributed by atoms with E-state index in [1.54, 1.807) is 18.2 Å². The minimum absolute atomic E-state index is 0.332. The average Bonchev–Trinajstić information content (AvgIpc) is 2.60. The van der Waals surface area contributed by atoms with Crippen molar-refractivity contribution >= 4 is 46.3 Å². The highest BCUT2D eigenvalue weighted by molar-refractivity contribution is 6.44. The lowest BCUT2D eigenvalue weighted by Gasteiger charge is -2.30. The fourth-order valence-electron chi connectivity index (χ4n) is 2.87. The molecule has 3 rings (SSSR count). The number of amides is 2. The second-order valence-corrected chi connectivity index (χ2v) is 6.53. The number of para-hydroxylation sites is 2. The number of hydrogen-bond donors (Lipinski definition) is 2. The van der Waals surface area contributed by atoms with Gasteiger partial charge in [0.15, 0.2) is 0 Å². The van der Waals surface area contributed by atoms with Crippen molar-refractivity contribution in [2.24, 2.45) is 0 Å². The number of carbonyl (C=O) groups is 1. The van der Waals surface area contributed by atoms with Gasteiger partial charge in [-0.05, 0) is 43.5 Å². The van der Waals surface area contributed by atoms with E-state index >= 15 is 0 Å². The second-order valence-electron chi connectivity index (χ2n) is 5.75. The fraction of sp³-hybridized carbons (Fsp3) is 0.278. The van der Waals surface area contributed by atoms with Gasteiger partial charge in [-0.25, -0.2) is 4.79 Å². The molecule has 24 heavy (non-hydrogen) atoms. The predicted octanol–water partition coefficient (Wildman–Crippen LogP) is 5.63. The number of piperidine rings is 1. The molecule has 0 atom stereocenters. The first-order chi connectivity index (χ1) is 11.6. The lowest BCUT2D eigenvalue weighted by molar-refractivity contribution is 0.262. The van der Waals surface area contributed by atoms with Crippen molar-refractivity contribution in [2.45, 2.75) is 19.3 Å². The van der Waals surface area contributed by atoms with E-state index < -0.39 is 0 Å². The molecule has 2 aromatic rings. The Morgan fingerprint density at radius 2 is 1.54 bits per heavy atom. The van der Waals surface area contributed by atoms with Crippen LogP contribution in [-0.4, -0.2) is 19.1 Å². The average molecular weight is 364 g/mol. The summed E-state index contributed by atoms with van der Waals surface area (Å²) < 4.78 is 0. The van der Waals surface area contributed by atoms with Crippen LogP contribution in [0.15, 0.2) is 42.5 Å². The van der Waals surface area contributed by atoms with Crippen LogP contribution in [0, 0.1) is 0 Å². The summed E-state index contributed by atoms with van der Waals surface area (Å²) in [4.78, 5) is 14.6. The Kier molecular flexibility index (Phi) is 5.48. The lowest BCUT2D eigenvalue weighted by Crippen LogP contribution is -2.30. The zero-order valence-corrected chi connectivity index (χ0v) is 14.7. The standard InChI is InChI=1S/C18H19Cl2N3O/c19-13-7-6-9-15(17(13)20)22-18(24)21-14-8-2-3-10-16(14)23-11-4-1-5-12-23/h2-3,6-10H,1,4-5,11-12H2,(H2,21,22,24). The van der Waals surface area contributed by atoms with Crippen molar-refractivity contribution in [3.63, 3.8) is 0 Å². The molecule has 6 heteroatoms. The van der Waals surface area contributed by atoms with Gasteiger partial charge in [0.05, 0.1) is 27.1 Å². The van der Waals surface area contributed by atoms with Gasteiger partial charge >= 0.3 is 6.03 Å². The van der Waals surface area contributed by atoms with Gasteiger partial charge in [0.2, 0.25) is 0 Å². The Morgan fingerprint density at radius 1 is 0.875 bits per heavy atom. The first kappa shape index (κ1) is 16.9. The molecule has 1 heterocycles. The fourth-order valence-corrected chi connectivity index (χ4v) is 3.21. The highest BCUT2D eigenvalue weighted by atomic mass is 35.5. The number of carbonyl (C=O) groups excluding carboxylic acids is 1. The molecule has 4 nitrogen and oxygen atoms in total. The van der Waals surface area contributed by atoms with Crippen LogP contribution in [0.1, 0.15) is 19.3 Å². The molecule has 0 radical (unpaired) electrons. The summed E-state index contributed by atoms with van der Waals surface area (Å²) in [6.07, 6.45) is 3.62. The molecule has 2 aromatic carbocycles. The maximum absolute atomic E-state index is 12.3. The number of benzene rings is 2. The SMILES string of the molecule is O=C(Nc1ccccc1N1CCCCC1)Nc1cccc(Cl)c1Cl. The molecule has 0 unspecified atom stereocenters. The summed E-state index contributed by atoms with van der Waals surface area (Å²) in [5.41, 5.74) is 2.32. The Bertz CT molecular complexity index is 730. The van der Waals surface area contributed by atoms with E-state index in [1.165, 1.54) is 19.3 Å². The molecule has 1 aliphatic rings. The number of urea groups is 1. The highest BCUT2D eigenvalue weighted by Crippen LogP contribution is 2.31. The van der Waals surface area contributed by atoms with Crippen LogP contribution in [0.25, 0.3) is 0 Å². The minimum atomic E-state index is -0.344. The van der Waals surface area contributed by atoms with E-state index in [4.69, 9.17) is 23.2 Å². The van der Waals surface area contributed by atoms with E-state index in [1.807, 2.05) is 24.3 Å². The summed E-state index contributed by atoms with van der Waals surface area (Å²) in [6, 6.07) is 12.6. The molecule has 0 saturated carbocycles. The zero-order chi connectivity index (χ0) is 16.9. The number of anilines is 3. The molecular formula is C18H19Cl2N3O. The number of nitrogens with one attached hydrogen (secondary N) is 2. The van der Waals surface area contributed by atoms with Crippen LogP contribution >= 0.6 is 23.2 Å². The predicted molar refractivity (Wildman–Crippen MR) is 102 cm³/mol. The van der Waals surface area contributed by atoms with Crippen molar-refractivity contribution < 1.29 is 4.79 Å². The van der Waals surface area contributed by atoms with E-state index in [2.05, 4.69) is 15.5 Å². The Balaban J connectivity index is 1.73. The lowest BCUT2D eigenvalue weighted by atomic mass is 10.1. The molecule has 2 amide bonds. The molecule has 0 aromatic heterocycles. The molecule has 1 aliphatic heterocycles. The normalized spacial score (nSPS) is 14.3. The summed E-state index contributed by atoms with van der Waals surface area (Å²) in [5, 5.41) is 6.39. The maximum atomic E-state index is 12.3. The van der Waals surface area contributed by atoms with E-state index in [0.29, 0.717) is 15.7 Å². The molecular weight excluding hydrogens is 345 g/mol. The van der Waals surface area contributed by atoms with Gasteiger partial charge in [0, 0.05) is 13.1 Å². The third-order valence-electron chi connectivity index (χ3n) is 4.05. The van der Waals surface area contributed by atoms with Crippen LogP contribution in [0.2, 0.25) is 10.0 Å². The van der Waals surface area contributed by atoms with Crippen molar-refractivity contribution in [2.75, 3.05) is 28.6 Å². The quantitative estimate of drug-likeness (QED) is 0.742. The minimum Gasteiger partial charge on any atom is -0.370 e. The largest absolute Gasteiger partial charge is 0.370 e. The van der Waals surface area contributed by atoms with Crippen LogP contribution in [-0.2, 0) is 0 Å². The summed E-state index contributed by atoms with van der Waals surface area (Å²) >= 11 is 12.1. The monoisotopic (exact) mass is 363 g/mol. The first-order valence-electron chi connectivity index (χ1n) is 8.01. The zero-order valence-electron chi connectivity index (χ0n) is 13.2. The number of nitrogens with zero attached hydrogens (tertiary/aromatic N) is 1. The molecule has 1 saturated heterocycles. The van der Waals surface area contributed by atoms with E-state index in [9.17, 15) is 4.79 Å². The van der Waals surface area contributed by atoms with Gasteiger partial charge in [0.1, 0.15) is 0 Å². The second kappa shape index (κ2) is 7.77. The van der Waals surface area contributed by atoms with Gasteiger partial charge in [-0.15, -0.1) is 0 Å². The number of hydrogen-bond acceptors (Lipinski definition) is 2. The van der Waals surface area contributed by atoms with E-state index in [0.717, 1.165) is 24.5 Å². The molecule has 0 aliphatic carbocycles. The van der Waals surface area contributed by atoms with Gasteiger partial charge in [0.25, 0.3) is 0 Å². The Morgan fingerprint density at radius 3 is 2.33 bits per heavy atom. The van der Waals surface area contributed by atoms with Gasteiger partial charge < -0.3 is 15.5 Å². The molecule has 0 spiro atoms. The smallest absolute Gasteiger partial charge is 0.323 e. The van der Waals surface area contributed by atoms with Crippen molar-refractivity contribution in [1.29, 1.82) is 0 Å². The maximum Gasteiger partial charge on any atom is 0.323 e. The summed E-state index contributed by atoms with van der Waals surface area (Å²) in [7, 11) is 0. The highest BCUT2D eigenvalue weighted by Gasteiger charge is 2.16. The number of halogens is 2. The first-order valence-corrected chi connectivity index (χ1v) is 8.77.